The molecule has 1 aromatic heterocycles. The molecule has 108 valence electrons. The van der Waals surface area contributed by atoms with Crippen molar-refractivity contribution in [1.29, 1.82) is 0 Å². The average molecular weight is 352 g/mol. The molecule has 0 aliphatic heterocycles. The number of halogens is 4. The monoisotopic (exact) mass is 351 g/mol. The maximum Gasteiger partial charge on any atom is 0.573 e. The molecule has 1 aromatic carbocycles. The van der Waals surface area contributed by atoms with Crippen LogP contribution in [0.3, 0.4) is 0 Å². The average Bonchev–Trinajstić information content (AvgIpc) is 2.74. The maximum atomic E-state index is 12.1. The number of benzene rings is 1. The summed E-state index contributed by atoms with van der Waals surface area (Å²) in [7, 11) is 0. The van der Waals surface area contributed by atoms with Crippen molar-refractivity contribution in [2.75, 3.05) is 5.32 Å². The summed E-state index contributed by atoms with van der Waals surface area (Å²) in [4.78, 5) is 3.99. The smallest absolute Gasteiger partial charge is 0.405 e. The zero-order valence-electron chi connectivity index (χ0n) is 10.2. The van der Waals surface area contributed by atoms with Gasteiger partial charge in [-0.2, -0.15) is 4.98 Å². The van der Waals surface area contributed by atoms with Gasteiger partial charge in [0.1, 0.15) is 5.75 Å². The summed E-state index contributed by atoms with van der Waals surface area (Å²) >= 11 is 3.02. The minimum Gasteiger partial charge on any atom is -0.405 e. The second-order valence-electron chi connectivity index (χ2n) is 3.78. The molecule has 0 aliphatic rings. The number of hydrogen-bond acceptors (Lipinski definition) is 5. The van der Waals surface area contributed by atoms with Gasteiger partial charge in [0.25, 0.3) is 0 Å². The van der Waals surface area contributed by atoms with Crippen LogP contribution in [0.2, 0.25) is 0 Å². The van der Waals surface area contributed by atoms with Crippen molar-refractivity contribution >= 4 is 21.6 Å². The highest BCUT2D eigenvalue weighted by Crippen LogP contribution is 2.32. The molecule has 0 amide bonds. The standard InChI is InChI=1S/C11H9BrF3N3O2/c1-6-17-10(18-20-6)5-16-7-2-3-9(8(12)4-7)19-11(13,14)15/h2-4,16H,5H2,1H3. The zero-order chi connectivity index (χ0) is 14.8. The van der Waals surface area contributed by atoms with Gasteiger partial charge in [-0.15, -0.1) is 13.2 Å². The molecule has 0 aliphatic carbocycles. The van der Waals surface area contributed by atoms with Gasteiger partial charge in [0.05, 0.1) is 11.0 Å². The van der Waals surface area contributed by atoms with Gasteiger partial charge in [0.2, 0.25) is 5.89 Å². The lowest BCUT2D eigenvalue weighted by molar-refractivity contribution is -0.274. The van der Waals surface area contributed by atoms with E-state index in [0.717, 1.165) is 0 Å². The van der Waals surface area contributed by atoms with Crippen molar-refractivity contribution in [1.82, 2.24) is 10.1 Å². The zero-order valence-corrected chi connectivity index (χ0v) is 11.7. The van der Waals surface area contributed by atoms with Crippen molar-refractivity contribution in [2.24, 2.45) is 0 Å². The number of hydrogen-bond donors (Lipinski definition) is 1. The van der Waals surface area contributed by atoms with E-state index in [1.807, 2.05) is 0 Å². The van der Waals surface area contributed by atoms with Gasteiger partial charge in [-0.1, -0.05) is 5.16 Å². The molecular weight excluding hydrogens is 343 g/mol. The molecular formula is C11H9BrF3N3O2. The molecule has 0 bridgehead atoms. The van der Waals surface area contributed by atoms with Crippen molar-refractivity contribution in [3.05, 3.63) is 34.4 Å². The lowest BCUT2D eigenvalue weighted by Crippen LogP contribution is -2.17. The Morgan fingerprint density at radius 2 is 2.15 bits per heavy atom. The van der Waals surface area contributed by atoms with Gasteiger partial charge < -0.3 is 14.6 Å². The summed E-state index contributed by atoms with van der Waals surface area (Å²) < 4.78 is 45.1. The quantitative estimate of drug-likeness (QED) is 0.910. The molecule has 0 unspecified atom stereocenters. The minimum atomic E-state index is -4.72. The third-order valence-corrected chi connectivity index (χ3v) is 2.80. The molecule has 2 aromatic rings. The lowest BCUT2D eigenvalue weighted by Gasteiger charge is -2.12. The number of rotatable bonds is 4. The SMILES string of the molecule is Cc1nc(CNc2ccc(OC(F)(F)F)c(Br)c2)no1. The second-order valence-corrected chi connectivity index (χ2v) is 4.63. The van der Waals surface area contributed by atoms with Gasteiger partial charge in [-0.05, 0) is 34.1 Å². The number of aromatic nitrogens is 2. The Bertz CT molecular complexity index is 601. The summed E-state index contributed by atoms with van der Waals surface area (Å²) in [5.74, 6) is 0.588. The van der Waals surface area contributed by atoms with Crippen LogP contribution in [-0.4, -0.2) is 16.5 Å². The Morgan fingerprint density at radius 1 is 1.40 bits per heavy atom. The Hall–Kier alpha value is -1.77. The molecule has 0 fully saturated rings. The predicted molar refractivity (Wildman–Crippen MR) is 67.2 cm³/mol. The predicted octanol–water partition coefficient (Wildman–Crippen LogP) is 3.65. The van der Waals surface area contributed by atoms with E-state index in [1.54, 1.807) is 6.92 Å². The van der Waals surface area contributed by atoms with Crippen LogP contribution in [0, 0.1) is 6.92 Å². The summed E-state index contributed by atoms with van der Waals surface area (Å²) in [6.07, 6.45) is -4.72. The van der Waals surface area contributed by atoms with Gasteiger partial charge in [-0.25, -0.2) is 0 Å². The van der Waals surface area contributed by atoms with Gasteiger partial charge in [0.15, 0.2) is 5.82 Å². The molecule has 0 spiro atoms. The molecule has 1 heterocycles. The largest absolute Gasteiger partial charge is 0.573 e. The fourth-order valence-corrected chi connectivity index (χ4v) is 1.87. The number of anilines is 1. The first-order valence-electron chi connectivity index (χ1n) is 5.42. The summed E-state index contributed by atoms with van der Waals surface area (Å²) in [5, 5.41) is 6.64. The second kappa shape index (κ2) is 5.70. The first kappa shape index (κ1) is 14.6. The molecule has 1 N–H and O–H groups in total. The number of nitrogens with zero attached hydrogens (tertiary/aromatic N) is 2. The van der Waals surface area contributed by atoms with E-state index in [-0.39, 0.29) is 10.2 Å². The van der Waals surface area contributed by atoms with Crippen LogP contribution < -0.4 is 10.1 Å². The Kier molecular flexibility index (Phi) is 4.17. The topological polar surface area (TPSA) is 60.2 Å². The van der Waals surface area contributed by atoms with Crippen molar-refractivity contribution < 1.29 is 22.4 Å². The highest BCUT2D eigenvalue weighted by Gasteiger charge is 2.31. The van der Waals surface area contributed by atoms with Crippen LogP contribution in [0.5, 0.6) is 5.75 Å². The molecule has 0 saturated carbocycles. The summed E-state index contributed by atoms with van der Waals surface area (Å²) in [5.41, 5.74) is 0.592. The van der Waals surface area contributed by atoms with Gasteiger partial charge >= 0.3 is 6.36 Å². The molecule has 9 heteroatoms. The third kappa shape index (κ3) is 4.12. The van der Waals surface area contributed by atoms with Crippen LogP contribution in [0.1, 0.15) is 11.7 Å². The fourth-order valence-electron chi connectivity index (χ4n) is 1.41. The number of ether oxygens (including phenoxy) is 1. The van der Waals surface area contributed by atoms with Crippen molar-refractivity contribution in [3.8, 4) is 5.75 Å². The molecule has 0 radical (unpaired) electrons. The van der Waals surface area contributed by atoms with E-state index < -0.39 is 6.36 Å². The van der Waals surface area contributed by atoms with E-state index in [0.29, 0.717) is 23.9 Å². The Balaban J connectivity index is 2.01. The van der Waals surface area contributed by atoms with Crippen molar-refractivity contribution in [3.63, 3.8) is 0 Å². The van der Waals surface area contributed by atoms with E-state index in [1.165, 1.54) is 18.2 Å². The number of aryl methyl sites for hydroxylation is 1. The lowest BCUT2D eigenvalue weighted by atomic mass is 10.3. The van der Waals surface area contributed by atoms with E-state index >= 15 is 0 Å². The molecule has 0 saturated heterocycles. The van der Waals surface area contributed by atoms with Crippen LogP contribution in [-0.2, 0) is 6.54 Å². The molecule has 20 heavy (non-hydrogen) atoms. The summed E-state index contributed by atoms with van der Waals surface area (Å²) in [6, 6.07) is 4.13. The van der Waals surface area contributed by atoms with Gasteiger partial charge in [0, 0.05) is 12.6 Å². The first-order chi connectivity index (χ1) is 9.33. The molecule has 5 nitrogen and oxygen atoms in total. The van der Waals surface area contributed by atoms with Crippen LogP contribution in [0.25, 0.3) is 0 Å². The fraction of sp³-hybridized carbons (Fsp3) is 0.273. The minimum absolute atomic E-state index is 0.184. The van der Waals surface area contributed by atoms with Crippen LogP contribution in [0.15, 0.2) is 27.2 Å². The maximum absolute atomic E-state index is 12.1. The van der Waals surface area contributed by atoms with E-state index in [2.05, 4.69) is 36.1 Å². The van der Waals surface area contributed by atoms with Gasteiger partial charge in [-0.3, -0.25) is 0 Å². The molecule has 2 rings (SSSR count). The Morgan fingerprint density at radius 3 is 2.70 bits per heavy atom. The van der Waals surface area contributed by atoms with Crippen LogP contribution >= 0.6 is 15.9 Å². The number of nitrogens with one attached hydrogen (secondary N) is 1. The molecule has 0 atom stereocenters. The van der Waals surface area contributed by atoms with E-state index in [9.17, 15) is 13.2 Å². The first-order valence-corrected chi connectivity index (χ1v) is 6.21. The highest BCUT2D eigenvalue weighted by atomic mass is 79.9. The number of alkyl halides is 3. The van der Waals surface area contributed by atoms with E-state index in [4.69, 9.17) is 4.52 Å². The normalized spacial score (nSPS) is 11.4. The third-order valence-electron chi connectivity index (χ3n) is 2.18. The van der Waals surface area contributed by atoms with Crippen LogP contribution in [0.4, 0.5) is 18.9 Å². The Labute approximate surface area is 120 Å². The van der Waals surface area contributed by atoms with Crippen molar-refractivity contribution in [2.45, 2.75) is 19.8 Å². The highest BCUT2D eigenvalue weighted by molar-refractivity contribution is 9.10. The summed E-state index contributed by atoms with van der Waals surface area (Å²) in [6.45, 7) is 1.96.